The van der Waals surface area contributed by atoms with Gasteiger partial charge in [-0.15, -0.1) is 0 Å². The highest BCUT2D eigenvalue weighted by Crippen LogP contribution is 2.17. The number of nitrogens with one attached hydrogen (secondary N) is 2. The maximum atomic E-state index is 12.3. The quantitative estimate of drug-likeness (QED) is 0.763. The van der Waals surface area contributed by atoms with Crippen molar-refractivity contribution >= 4 is 17.3 Å². The molecule has 0 aliphatic heterocycles. The van der Waals surface area contributed by atoms with Crippen molar-refractivity contribution in [2.75, 3.05) is 23.8 Å². The summed E-state index contributed by atoms with van der Waals surface area (Å²) in [6.07, 6.45) is 4.37. The van der Waals surface area contributed by atoms with E-state index >= 15 is 0 Å². The first-order chi connectivity index (χ1) is 11.6. The Balaban J connectivity index is 1.96. The smallest absolute Gasteiger partial charge is 0.257 e. The van der Waals surface area contributed by atoms with Gasteiger partial charge in [-0.1, -0.05) is 13.8 Å². The fourth-order valence-corrected chi connectivity index (χ4v) is 2.17. The van der Waals surface area contributed by atoms with E-state index in [1.807, 2.05) is 37.3 Å². The normalized spacial score (nSPS) is 10.5. The van der Waals surface area contributed by atoms with Crippen LogP contribution in [0.1, 0.15) is 37.6 Å². The van der Waals surface area contributed by atoms with Crippen LogP contribution in [-0.2, 0) is 0 Å². The van der Waals surface area contributed by atoms with E-state index in [1.54, 1.807) is 12.4 Å². The van der Waals surface area contributed by atoms with Gasteiger partial charge in [0.15, 0.2) is 0 Å². The predicted octanol–water partition coefficient (Wildman–Crippen LogP) is 4.19. The minimum absolute atomic E-state index is 0.181. The van der Waals surface area contributed by atoms with Gasteiger partial charge in [-0.25, -0.2) is 0 Å². The van der Waals surface area contributed by atoms with Gasteiger partial charge in [0.25, 0.3) is 5.91 Å². The van der Waals surface area contributed by atoms with Crippen LogP contribution < -0.4 is 15.4 Å². The monoisotopic (exact) mass is 327 g/mol. The molecule has 2 N–H and O–H groups in total. The molecule has 0 aliphatic carbocycles. The number of carbonyl (C=O) groups is 1. The molecule has 0 spiro atoms. The van der Waals surface area contributed by atoms with Gasteiger partial charge in [0, 0.05) is 24.6 Å². The lowest BCUT2D eigenvalue weighted by Gasteiger charge is -2.10. The van der Waals surface area contributed by atoms with Gasteiger partial charge in [0.2, 0.25) is 0 Å². The van der Waals surface area contributed by atoms with E-state index in [1.165, 1.54) is 0 Å². The third-order valence-electron chi connectivity index (χ3n) is 3.47. The summed E-state index contributed by atoms with van der Waals surface area (Å²) < 4.78 is 5.39. The molecule has 5 nitrogen and oxygen atoms in total. The molecule has 1 aromatic carbocycles. The summed E-state index contributed by atoms with van der Waals surface area (Å²) in [5, 5.41) is 6.16. The van der Waals surface area contributed by atoms with Gasteiger partial charge in [0.1, 0.15) is 5.75 Å². The van der Waals surface area contributed by atoms with Gasteiger partial charge < -0.3 is 15.4 Å². The first kappa shape index (κ1) is 17.8. The molecule has 0 aliphatic rings. The first-order valence-corrected chi connectivity index (χ1v) is 8.31. The number of hydrogen-bond donors (Lipinski definition) is 2. The zero-order chi connectivity index (χ0) is 17.4. The molecule has 0 saturated carbocycles. The highest BCUT2D eigenvalue weighted by molar-refractivity contribution is 6.04. The van der Waals surface area contributed by atoms with Crippen molar-refractivity contribution < 1.29 is 9.53 Å². The average Bonchev–Trinajstić information content (AvgIpc) is 2.57. The van der Waals surface area contributed by atoms with Crippen LogP contribution in [0.3, 0.4) is 0 Å². The van der Waals surface area contributed by atoms with Crippen molar-refractivity contribution in [2.45, 2.75) is 27.2 Å². The van der Waals surface area contributed by atoms with Gasteiger partial charge in [0.05, 0.1) is 17.9 Å². The van der Waals surface area contributed by atoms with Crippen molar-refractivity contribution in [3.8, 4) is 5.75 Å². The topological polar surface area (TPSA) is 63.2 Å². The lowest BCUT2D eigenvalue weighted by Crippen LogP contribution is -2.13. The molecule has 5 heteroatoms. The standard InChI is InChI=1S/C19H25N3O2/c1-4-24-18-7-5-16(6-8-18)22-19(23)15-11-17(13-20-12-15)21-10-9-14(2)3/h5-8,11-14,21H,4,9-10H2,1-3H3,(H,22,23). The largest absolute Gasteiger partial charge is 0.494 e. The summed E-state index contributed by atoms with van der Waals surface area (Å²) in [5.41, 5.74) is 2.11. The number of amides is 1. The third kappa shape index (κ3) is 5.57. The Bertz CT molecular complexity index is 654. The van der Waals surface area contributed by atoms with E-state index in [2.05, 4.69) is 29.5 Å². The van der Waals surface area contributed by atoms with Crippen molar-refractivity contribution in [3.63, 3.8) is 0 Å². The van der Waals surface area contributed by atoms with E-state index in [-0.39, 0.29) is 5.91 Å². The number of benzene rings is 1. The zero-order valence-corrected chi connectivity index (χ0v) is 14.5. The second kappa shape index (κ2) is 8.91. The Morgan fingerprint density at radius 2 is 1.92 bits per heavy atom. The molecule has 1 amide bonds. The van der Waals surface area contributed by atoms with E-state index < -0.39 is 0 Å². The maximum Gasteiger partial charge on any atom is 0.257 e. The Hall–Kier alpha value is -2.56. The van der Waals surface area contributed by atoms with E-state index in [0.29, 0.717) is 18.1 Å². The second-order valence-electron chi connectivity index (χ2n) is 5.98. The van der Waals surface area contributed by atoms with Gasteiger partial charge in [-0.3, -0.25) is 9.78 Å². The number of aromatic nitrogens is 1. The third-order valence-corrected chi connectivity index (χ3v) is 3.47. The highest BCUT2D eigenvalue weighted by Gasteiger charge is 2.08. The summed E-state index contributed by atoms with van der Waals surface area (Å²) in [6.45, 7) is 7.78. The Kier molecular flexibility index (Phi) is 6.61. The maximum absolute atomic E-state index is 12.3. The number of rotatable bonds is 8. The lowest BCUT2D eigenvalue weighted by molar-refractivity contribution is 0.102. The SMILES string of the molecule is CCOc1ccc(NC(=O)c2cncc(NCCC(C)C)c2)cc1. The van der Waals surface area contributed by atoms with Crippen molar-refractivity contribution in [1.29, 1.82) is 0 Å². The van der Waals surface area contributed by atoms with Crippen LogP contribution in [0.4, 0.5) is 11.4 Å². The summed E-state index contributed by atoms with van der Waals surface area (Å²) >= 11 is 0. The minimum atomic E-state index is -0.181. The first-order valence-electron chi connectivity index (χ1n) is 8.31. The molecular formula is C19H25N3O2. The van der Waals surface area contributed by atoms with Crippen LogP contribution in [0.5, 0.6) is 5.75 Å². The molecule has 0 bridgehead atoms. The number of ether oxygens (including phenoxy) is 1. The second-order valence-corrected chi connectivity index (χ2v) is 5.98. The van der Waals surface area contributed by atoms with Crippen molar-refractivity contribution in [1.82, 2.24) is 4.98 Å². The van der Waals surface area contributed by atoms with E-state index in [0.717, 1.165) is 30.1 Å². The van der Waals surface area contributed by atoms with Crippen molar-refractivity contribution in [2.24, 2.45) is 5.92 Å². The van der Waals surface area contributed by atoms with E-state index in [9.17, 15) is 4.79 Å². The average molecular weight is 327 g/mol. The van der Waals surface area contributed by atoms with Gasteiger partial charge in [-0.05, 0) is 49.6 Å². The fourth-order valence-electron chi connectivity index (χ4n) is 2.17. The molecule has 2 aromatic rings. The summed E-state index contributed by atoms with van der Waals surface area (Å²) in [5.74, 6) is 1.24. The Morgan fingerprint density at radius 1 is 1.17 bits per heavy atom. The molecule has 24 heavy (non-hydrogen) atoms. The zero-order valence-electron chi connectivity index (χ0n) is 14.5. The number of anilines is 2. The highest BCUT2D eigenvalue weighted by atomic mass is 16.5. The van der Waals surface area contributed by atoms with E-state index in [4.69, 9.17) is 4.74 Å². The molecule has 0 saturated heterocycles. The minimum Gasteiger partial charge on any atom is -0.494 e. The summed E-state index contributed by atoms with van der Waals surface area (Å²) in [7, 11) is 0. The molecule has 128 valence electrons. The van der Waals surface area contributed by atoms with Gasteiger partial charge in [-0.2, -0.15) is 0 Å². The summed E-state index contributed by atoms with van der Waals surface area (Å²) in [6, 6.07) is 9.13. The molecule has 0 atom stereocenters. The predicted molar refractivity (Wildman–Crippen MR) is 97.7 cm³/mol. The van der Waals surface area contributed by atoms with Crippen LogP contribution >= 0.6 is 0 Å². The Labute approximate surface area is 143 Å². The summed E-state index contributed by atoms with van der Waals surface area (Å²) in [4.78, 5) is 16.5. The van der Waals surface area contributed by atoms with Crippen LogP contribution in [0.15, 0.2) is 42.7 Å². The van der Waals surface area contributed by atoms with Gasteiger partial charge >= 0.3 is 0 Å². The van der Waals surface area contributed by atoms with Crippen LogP contribution in [0.2, 0.25) is 0 Å². The number of hydrogen-bond acceptors (Lipinski definition) is 4. The molecule has 0 unspecified atom stereocenters. The molecule has 0 fully saturated rings. The number of nitrogens with zero attached hydrogens (tertiary/aromatic N) is 1. The number of pyridine rings is 1. The van der Waals surface area contributed by atoms with Crippen molar-refractivity contribution in [3.05, 3.63) is 48.3 Å². The fraction of sp³-hybridized carbons (Fsp3) is 0.368. The molecule has 1 heterocycles. The Morgan fingerprint density at radius 3 is 2.58 bits per heavy atom. The van der Waals surface area contributed by atoms with Crippen LogP contribution in [0, 0.1) is 5.92 Å². The van der Waals surface area contributed by atoms with Crippen LogP contribution in [-0.4, -0.2) is 24.0 Å². The molecular weight excluding hydrogens is 302 g/mol. The molecule has 1 aromatic heterocycles. The van der Waals surface area contributed by atoms with Crippen LogP contribution in [0.25, 0.3) is 0 Å². The molecule has 2 rings (SSSR count). The number of carbonyl (C=O) groups excluding carboxylic acids is 1. The lowest BCUT2D eigenvalue weighted by atomic mass is 10.1. The molecule has 0 radical (unpaired) electrons.